The second kappa shape index (κ2) is 7.88. The fourth-order valence-corrected chi connectivity index (χ4v) is 2.94. The fraction of sp³-hybridized carbons (Fsp3) is 0.368. The summed E-state index contributed by atoms with van der Waals surface area (Å²) in [5.74, 6) is -0.0985. The zero-order chi connectivity index (χ0) is 17.6. The lowest BCUT2D eigenvalue weighted by Gasteiger charge is -2.31. The molecule has 0 atom stereocenters. The molecule has 1 N–H and O–H groups in total. The molecular weight excluding hydrogens is 316 g/mol. The highest BCUT2D eigenvalue weighted by molar-refractivity contribution is 5.92. The van der Waals surface area contributed by atoms with Crippen LogP contribution >= 0.6 is 0 Å². The highest BCUT2D eigenvalue weighted by Gasteiger charge is 2.28. The molecule has 2 heterocycles. The van der Waals surface area contributed by atoms with Gasteiger partial charge in [-0.05, 0) is 25.3 Å². The molecule has 1 saturated heterocycles. The van der Waals surface area contributed by atoms with Crippen LogP contribution in [0.5, 0.6) is 0 Å². The van der Waals surface area contributed by atoms with Crippen LogP contribution in [-0.2, 0) is 11.3 Å². The number of likely N-dealkylation sites (tertiary alicyclic amines) is 1. The van der Waals surface area contributed by atoms with Gasteiger partial charge in [-0.15, -0.1) is 0 Å². The minimum atomic E-state index is -0.115. The fourth-order valence-electron chi connectivity index (χ4n) is 2.94. The minimum Gasteiger partial charge on any atom is -0.352 e. The van der Waals surface area contributed by atoms with E-state index >= 15 is 0 Å². The van der Waals surface area contributed by atoms with Gasteiger partial charge in [-0.25, -0.2) is 4.98 Å². The smallest absolute Gasteiger partial charge is 0.274 e. The molecule has 1 aromatic carbocycles. The molecule has 2 aromatic rings. The van der Waals surface area contributed by atoms with Crippen LogP contribution in [0.3, 0.4) is 0 Å². The van der Waals surface area contributed by atoms with Crippen LogP contribution in [0.15, 0.2) is 42.7 Å². The first kappa shape index (κ1) is 17.1. The van der Waals surface area contributed by atoms with Crippen LogP contribution in [0.25, 0.3) is 0 Å². The number of piperidine rings is 1. The van der Waals surface area contributed by atoms with Gasteiger partial charge in [0.2, 0.25) is 5.91 Å². The first-order valence-corrected chi connectivity index (χ1v) is 8.53. The van der Waals surface area contributed by atoms with E-state index in [4.69, 9.17) is 0 Å². The van der Waals surface area contributed by atoms with E-state index in [1.54, 1.807) is 11.1 Å². The summed E-state index contributed by atoms with van der Waals surface area (Å²) in [7, 11) is 0. The van der Waals surface area contributed by atoms with Gasteiger partial charge in [0.25, 0.3) is 5.91 Å². The lowest BCUT2D eigenvalue weighted by molar-refractivity contribution is -0.126. The summed E-state index contributed by atoms with van der Waals surface area (Å²) < 4.78 is 0. The minimum absolute atomic E-state index is 0.0446. The molecule has 0 aliphatic carbocycles. The lowest BCUT2D eigenvalue weighted by Crippen LogP contribution is -2.43. The van der Waals surface area contributed by atoms with E-state index in [1.807, 2.05) is 37.3 Å². The second-order valence-electron chi connectivity index (χ2n) is 6.31. The van der Waals surface area contributed by atoms with E-state index in [9.17, 15) is 9.59 Å². The number of nitrogens with zero attached hydrogens (tertiary/aromatic N) is 3. The van der Waals surface area contributed by atoms with Crippen molar-refractivity contribution in [1.82, 2.24) is 20.2 Å². The summed E-state index contributed by atoms with van der Waals surface area (Å²) in [4.78, 5) is 34.7. The monoisotopic (exact) mass is 338 g/mol. The van der Waals surface area contributed by atoms with Crippen LogP contribution in [0.1, 0.15) is 34.6 Å². The van der Waals surface area contributed by atoms with Crippen LogP contribution in [0.2, 0.25) is 0 Å². The Morgan fingerprint density at radius 3 is 2.48 bits per heavy atom. The standard InChI is InChI=1S/C19H22N4O2/c1-14-11-21-17(13-20-14)19(25)23-9-7-16(8-10-23)18(24)22-12-15-5-3-2-4-6-15/h2-6,11,13,16H,7-10,12H2,1H3,(H,22,24). The molecule has 0 spiro atoms. The molecule has 1 aliphatic rings. The predicted octanol–water partition coefficient (Wildman–Crippen LogP) is 1.95. The van der Waals surface area contributed by atoms with Gasteiger partial charge < -0.3 is 10.2 Å². The topological polar surface area (TPSA) is 75.2 Å². The number of carbonyl (C=O) groups excluding carboxylic acids is 2. The SMILES string of the molecule is Cc1cnc(C(=O)N2CCC(C(=O)NCc3ccccc3)CC2)cn1. The van der Waals surface area contributed by atoms with Gasteiger partial charge in [-0.1, -0.05) is 30.3 Å². The Morgan fingerprint density at radius 1 is 1.12 bits per heavy atom. The maximum absolute atomic E-state index is 12.4. The Balaban J connectivity index is 1.48. The van der Waals surface area contributed by atoms with Gasteiger partial charge in [0.1, 0.15) is 5.69 Å². The summed E-state index contributed by atoms with van der Waals surface area (Å²) in [6, 6.07) is 9.85. The number of aryl methyl sites for hydroxylation is 1. The average Bonchev–Trinajstić information content (AvgIpc) is 2.67. The molecule has 3 rings (SSSR count). The molecule has 0 radical (unpaired) electrons. The van der Waals surface area contributed by atoms with E-state index in [2.05, 4.69) is 15.3 Å². The summed E-state index contributed by atoms with van der Waals surface area (Å²) >= 11 is 0. The van der Waals surface area contributed by atoms with Crippen molar-refractivity contribution in [2.45, 2.75) is 26.3 Å². The maximum atomic E-state index is 12.4. The van der Waals surface area contributed by atoms with Crippen molar-refractivity contribution in [3.8, 4) is 0 Å². The second-order valence-corrected chi connectivity index (χ2v) is 6.31. The maximum Gasteiger partial charge on any atom is 0.274 e. The normalized spacial score (nSPS) is 15.0. The van der Waals surface area contributed by atoms with E-state index in [0.29, 0.717) is 38.2 Å². The highest BCUT2D eigenvalue weighted by Crippen LogP contribution is 2.19. The molecule has 25 heavy (non-hydrogen) atoms. The number of rotatable bonds is 4. The molecule has 130 valence electrons. The van der Waals surface area contributed by atoms with E-state index in [0.717, 1.165) is 11.3 Å². The van der Waals surface area contributed by atoms with Crippen LogP contribution in [0.4, 0.5) is 0 Å². The largest absolute Gasteiger partial charge is 0.352 e. The number of hydrogen-bond acceptors (Lipinski definition) is 4. The molecule has 2 amide bonds. The Morgan fingerprint density at radius 2 is 1.84 bits per heavy atom. The van der Waals surface area contributed by atoms with E-state index < -0.39 is 0 Å². The van der Waals surface area contributed by atoms with Crippen LogP contribution in [-0.4, -0.2) is 39.8 Å². The van der Waals surface area contributed by atoms with Crippen molar-refractivity contribution in [1.29, 1.82) is 0 Å². The van der Waals surface area contributed by atoms with Gasteiger partial charge >= 0.3 is 0 Å². The first-order chi connectivity index (χ1) is 12.1. The third kappa shape index (κ3) is 4.41. The van der Waals surface area contributed by atoms with E-state index in [1.165, 1.54) is 6.20 Å². The van der Waals surface area contributed by atoms with Crippen LogP contribution < -0.4 is 5.32 Å². The average molecular weight is 338 g/mol. The Labute approximate surface area is 147 Å². The van der Waals surface area contributed by atoms with Crippen molar-refractivity contribution in [3.63, 3.8) is 0 Å². The molecule has 6 heteroatoms. The predicted molar refractivity (Wildman–Crippen MR) is 93.7 cm³/mol. The number of carbonyl (C=O) groups is 2. The third-order valence-electron chi connectivity index (χ3n) is 4.46. The Bertz CT molecular complexity index is 723. The number of amides is 2. The molecule has 6 nitrogen and oxygen atoms in total. The van der Waals surface area contributed by atoms with Gasteiger partial charge in [-0.2, -0.15) is 0 Å². The zero-order valence-corrected chi connectivity index (χ0v) is 14.3. The molecule has 1 fully saturated rings. The molecule has 0 unspecified atom stereocenters. The van der Waals surface area contributed by atoms with Gasteiger partial charge in [0, 0.05) is 31.7 Å². The molecule has 0 bridgehead atoms. The lowest BCUT2D eigenvalue weighted by atomic mass is 9.95. The van der Waals surface area contributed by atoms with E-state index in [-0.39, 0.29) is 17.7 Å². The third-order valence-corrected chi connectivity index (χ3v) is 4.46. The Hall–Kier alpha value is -2.76. The zero-order valence-electron chi connectivity index (χ0n) is 14.3. The summed E-state index contributed by atoms with van der Waals surface area (Å²) in [5, 5.41) is 2.99. The van der Waals surface area contributed by atoms with Gasteiger partial charge in [0.15, 0.2) is 0 Å². The summed E-state index contributed by atoms with van der Waals surface area (Å²) in [6.07, 6.45) is 4.45. The van der Waals surface area contributed by atoms with Crippen molar-refractivity contribution < 1.29 is 9.59 Å². The number of benzene rings is 1. The number of nitrogens with one attached hydrogen (secondary N) is 1. The Kier molecular flexibility index (Phi) is 5.38. The van der Waals surface area contributed by atoms with Gasteiger partial charge in [0.05, 0.1) is 11.9 Å². The summed E-state index contributed by atoms with van der Waals surface area (Å²) in [5.41, 5.74) is 2.23. The quantitative estimate of drug-likeness (QED) is 0.925. The van der Waals surface area contributed by atoms with Crippen LogP contribution in [0, 0.1) is 12.8 Å². The summed E-state index contributed by atoms with van der Waals surface area (Å²) in [6.45, 7) is 3.51. The molecular formula is C19H22N4O2. The molecule has 1 aliphatic heterocycles. The van der Waals surface area contributed by atoms with Crippen molar-refractivity contribution in [2.75, 3.05) is 13.1 Å². The number of aromatic nitrogens is 2. The number of hydrogen-bond donors (Lipinski definition) is 1. The molecule has 1 aromatic heterocycles. The van der Waals surface area contributed by atoms with Crippen molar-refractivity contribution in [3.05, 3.63) is 59.7 Å². The molecule has 0 saturated carbocycles. The first-order valence-electron chi connectivity index (χ1n) is 8.53. The highest BCUT2D eigenvalue weighted by atomic mass is 16.2. The van der Waals surface area contributed by atoms with Gasteiger partial charge in [-0.3, -0.25) is 14.6 Å². The van der Waals surface area contributed by atoms with Crippen molar-refractivity contribution >= 4 is 11.8 Å². The van der Waals surface area contributed by atoms with Crippen molar-refractivity contribution in [2.24, 2.45) is 5.92 Å².